The number of rotatable bonds is 4. The normalized spacial score (nSPS) is 15.5. The Bertz CT molecular complexity index is 413. The van der Waals surface area contributed by atoms with Gasteiger partial charge < -0.3 is 10.2 Å². The number of amides is 1. The van der Waals surface area contributed by atoms with Crippen LogP contribution in [0.4, 0.5) is 0 Å². The molecule has 4 heteroatoms. The van der Waals surface area contributed by atoms with E-state index in [4.69, 9.17) is 0 Å². The van der Waals surface area contributed by atoms with Crippen LogP contribution in [0.5, 0.6) is 0 Å². The summed E-state index contributed by atoms with van der Waals surface area (Å²) in [7, 11) is 1.93. The fourth-order valence-electron chi connectivity index (χ4n) is 2.67. The van der Waals surface area contributed by atoms with Crippen molar-refractivity contribution in [2.75, 3.05) is 20.1 Å². The van der Waals surface area contributed by atoms with Gasteiger partial charge >= 0.3 is 0 Å². The quantitative estimate of drug-likeness (QED) is 0.926. The van der Waals surface area contributed by atoms with Crippen LogP contribution in [0.3, 0.4) is 0 Å². The zero-order valence-electron chi connectivity index (χ0n) is 12.4. The Morgan fingerprint density at radius 1 is 1.25 bits per heavy atom. The van der Waals surface area contributed by atoms with Crippen molar-refractivity contribution in [1.29, 1.82) is 0 Å². The van der Waals surface area contributed by atoms with Crippen molar-refractivity contribution < 1.29 is 4.79 Å². The van der Waals surface area contributed by atoms with Gasteiger partial charge in [-0.25, -0.2) is 0 Å². The van der Waals surface area contributed by atoms with Gasteiger partial charge in [-0.1, -0.05) is 25.5 Å². The SMILES string of the molecule is CCCc1ccc(C(=O)N(C)C2CCNCC2)cc1.Cl. The van der Waals surface area contributed by atoms with Crippen molar-refractivity contribution in [3.8, 4) is 0 Å². The van der Waals surface area contributed by atoms with Crippen molar-refractivity contribution in [3.05, 3.63) is 35.4 Å². The number of aryl methyl sites for hydroxylation is 1. The third-order valence-corrected chi connectivity index (χ3v) is 3.92. The number of nitrogens with zero attached hydrogens (tertiary/aromatic N) is 1. The molecule has 2 rings (SSSR count). The lowest BCUT2D eigenvalue weighted by molar-refractivity contribution is 0.0703. The van der Waals surface area contributed by atoms with Crippen LogP contribution in [0.15, 0.2) is 24.3 Å². The lowest BCUT2D eigenvalue weighted by atomic mass is 10.0. The van der Waals surface area contributed by atoms with E-state index >= 15 is 0 Å². The van der Waals surface area contributed by atoms with E-state index < -0.39 is 0 Å². The van der Waals surface area contributed by atoms with Gasteiger partial charge in [0.25, 0.3) is 5.91 Å². The molecule has 0 spiro atoms. The molecule has 0 unspecified atom stereocenters. The lowest BCUT2D eigenvalue weighted by Crippen LogP contribution is -2.43. The molecule has 112 valence electrons. The van der Waals surface area contributed by atoms with E-state index in [0.29, 0.717) is 6.04 Å². The molecule has 0 radical (unpaired) electrons. The van der Waals surface area contributed by atoms with Crippen LogP contribution in [0, 0.1) is 0 Å². The third kappa shape index (κ3) is 4.22. The summed E-state index contributed by atoms with van der Waals surface area (Å²) in [6.45, 7) is 4.19. The molecular formula is C16H25ClN2O. The Morgan fingerprint density at radius 2 is 1.85 bits per heavy atom. The Labute approximate surface area is 128 Å². The minimum atomic E-state index is 0. The molecule has 20 heavy (non-hydrogen) atoms. The Morgan fingerprint density at radius 3 is 2.40 bits per heavy atom. The second-order valence-corrected chi connectivity index (χ2v) is 5.34. The average Bonchev–Trinajstić information content (AvgIpc) is 2.48. The summed E-state index contributed by atoms with van der Waals surface area (Å²) >= 11 is 0. The molecule has 0 aromatic heterocycles. The highest BCUT2D eigenvalue weighted by Crippen LogP contribution is 2.14. The molecule has 1 fully saturated rings. The highest BCUT2D eigenvalue weighted by atomic mass is 35.5. The molecule has 0 bridgehead atoms. The molecule has 1 aromatic rings. The number of carbonyl (C=O) groups excluding carboxylic acids is 1. The maximum Gasteiger partial charge on any atom is 0.253 e. The molecular weight excluding hydrogens is 272 g/mol. The Kier molecular flexibility index (Phi) is 7.03. The molecule has 3 nitrogen and oxygen atoms in total. The minimum Gasteiger partial charge on any atom is -0.339 e. The van der Waals surface area contributed by atoms with E-state index in [1.165, 1.54) is 5.56 Å². The van der Waals surface area contributed by atoms with Gasteiger partial charge in [-0.3, -0.25) is 4.79 Å². The number of carbonyl (C=O) groups is 1. The molecule has 1 aliphatic heterocycles. The van der Waals surface area contributed by atoms with Crippen molar-refractivity contribution in [3.63, 3.8) is 0 Å². The standard InChI is InChI=1S/C16H24N2O.ClH/c1-3-4-13-5-7-14(8-6-13)16(19)18(2)15-9-11-17-12-10-15;/h5-8,15,17H,3-4,9-12H2,1-2H3;1H. The van der Waals surface area contributed by atoms with Crippen LogP contribution in [-0.4, -0.2) is 37.0 Å². The van der Waals surface area contributed by atoms with E-state index in [1.54, 1.807) is 0 Å². The van der Waals surface area contributed by atoms with Gasteiger partial charge in [-0.2, -0.15) is 0 Å². The number of hydrogen-bond acceptors (Lipinski definition) is 2. The molecule has 1 heterocycles. The van der Waals surface area contributed by atoms with E-state index in [0.717, 1.165) is 44.3 Å². The summed E-state index contributed by atoms with van der Waals surface area (Å²) in [5, 5.41) is 3.33. The second kappa shape index (κ2) is 8.28. The van der Waals surface area contributed by atoms with Crippen LogP contribution >= 0.6 is 12.4 Å². The van der Waals surface area contributed by atoms with E-state index in [-0.39, 0.29) is 18.3 Å². The van der Waals surface area contributed by atoms with Gasteiger partial charge in [-0.05, 0) is 50.0 Å². The maximum absolute atomic E-state index is 12.4. The smallest absolute Gasteiger partial charge is 0.253 e. The maximum atomic E-state index is 12.4. The van der Waals surface area contributed by atoms with Gasteiger partial charge in [0.05, 0.1) is 0 Å². The summed E-state index contributed by atoms with van der Waals surface area (Å²) in [6, 6.07) is 8.46. The highest BCUT2D eigenvalue weighted by molar-refractivity contribution is 5.94. The van der Waals surface area contributed by atoms with Crippen LogP contribution in [0.2, 0.25) is 0 Å². The molecule has 1 amide bonds. The number of nitrogens with one attached hydrogen (secondary N) is 1. The summed E-state index contributed by atoms with van der Waals surface area (Å²) in [5.74, 6) is 0.148. The fourth-order valence-corrected chi connectivity index (χ4v) is 2.67. The van der Waals surface area contributed by atoms with Crippen molar-refractivity contribution in [2.45, 2.75) is 38.6 Å². The average molecular weight is 297 g/mol. The summed E-state index contributed by atoms with van der Waals surface area (Å²) < 4.78 is 0. The summed E-state index contributed by atoms with van der Waals surface area (Å²) in [4.78, 5) is 14.3. The van der Waals surface area contributed by atoms with Gasteiger partial charge in [0, 0.05) is 18.7 Å². The van der Waals surface area contributed by atoms with Crippen LogP contribution < -0.4 is 5.32 Å². The predicted octanol–water partition coefficient (Wildman–Crippen LogP) is 2.88. The van der Waals surface area contributed by atoms with E-state index in [2.05, 4.69) is 24.4 Å². The van der Waals surface area contributed by atoms with E-state index in [9.17, 15) is 4.79 Å². The van der Waals surface area contributed by atoms with Crippen LogP contribution in [0.1, 0.15) is 42.1 Å². The number of piperidine rings is 1. The fraction of sp³-hybridized carbons (Fsp3) is 0.562. The zero-order chi connectivity index (χ0) is 13.7. The van der Waals surface area contributed by atoms with Crippen LogP contribution in [0.25, 0.3) is 0 Å². The predicted molar refractivity (Wildman–Crippen MR) is 85.7 cm³/mol. The van der Waals surface area contributed by atoms with Gasteiger partial charge in [0.2, 0.25) is 0 Å². The molecule has 1 aliphatic rings. The zero-order valence-corrected chi connectivity index (χ0v) is 13.2. The molecule has 0 aliphatic carbocycles. The Balaban J connectivity index is 0.00000200. The number of benzene rings is 1. The van der Waals surface area contributed by atoms with Gasteiger partial charge in [-0.15, -0.1) is 12.4 Å². The first-order valence-corrected chi connectivity index (χ1v) is 7.29. The number of halogens is 1. The topological polar surface area (TPSA) is 32.3 Å². The largest absolute Gasteiger partial charge is 0.339 e. The first kappa shape index (κ1) is 17.0. The highest BCUT2D eigenvalue weighted by Gasteiger charge is 2.22. The van der Waals surface area contributed by atoms with E-state index in [1.807, 2.05) is 24.1 Å². The summed E-state index contributed by atoms with van der Waals surface area (Å²) in [5.41, 5.74) is 2.12. The Hall–Kier alpha value is -1.06. The van der Waals surface area contributed by atoms with Crippen LogP contribution in [-0.2, 0) is 6.42 Å². The molecule has 1 N–H and O–H groups in total. The molecule has 0 saturated carbocycles. The molecule has 1 aromatic carbocycles. The molecule has 1 saturated heterocycles. The van der Waals surface area contributed by atoms with Gasteiger partial charge in [0.1, 0.15) is 0 Å². The third-order valence-electron chi connectivity index (χ3n) is 3.92. The second-order valence-electron chi connectivity index (χ2n) is 5.34. The number of hydrogen-bond donors (Lipinski definition) is 1. The summed E-state index contributed by atoms with van der Waals surface area (Å²) in [6.07, 6.45) is 4.33. The lowest BCUT2D eigenvalue weighted by Gasteiger charge is -2.31. The molecule has 0 atom stereocenters. The van der Waals surface area contributed by atoms with Crippen molar-refractivity contribution in [1.82, 2.24) is 10.2 Å². The monoisotopic (exact) mass is 296 g/mol. The van der Waals surface area contributed by atoms with Gasteiger partial charge in [0.15, 0.2) is 0 Å². The first-order valence-electron chi connectivity index (χ1n) is 7.29. The minimum absolute atomic E-state index is 0. The van der Waals surface area contributed by atoms with Crippen molar-refractivity contribution in [2.24, 2.45) is 0 Å². The first-order chi connectivity index (χ1) is 9.22. The van der Waals surface area contributed by atoms with Crippen molar-refractivity contribution >= 4 is 18.3 Å².